The summed E-state index contributed by atoms with van der Waals surface area (Å²) in [6.45, 7) is 7.81. The number of hydrogen-bond donors (Lipinski definition) is 4. The van der Waals surface area contributed by atoms with E-state index in [-0.39, 0.29) is 51.5 Å². The lowest BCUT2D eigenvalue weighted by Gasteiger charge is -2.47. The number of urea groups is 1. The van der Waals surface area contributed by atoms with E-state index in [0.717, 1.165) is 25.8 Å². The highest BCUT2D eigenvalue weighted by Gasteiger charge is 2.35. The molecule has 3 amide bonds. The summed E-state index contributed by atoms with van der Waals surface area (Å²) in [4.78, 5) is 44.2. The molecule has 43 heavy (non-hydrogen) atoms. The molecular formula is C26H34Cl2N12O3. The third kappa shape index (κ3) is 6.68. The van der Waals surface area contributed by atoms with Crippen molar-refractivity contribution in [2.45, 2.75) is 45.2 Å². The van der Waals surface area contributed by atoms with Crippen LogP contribution >= 0.6 is 23.2 Å². The van der Waals surface area contributed by atoms with Gasteiger partial charge in [-0.3, -0.25) is 15.0 Å². The van der Waals surface area contributed by atoms with E-state index in [0.29, 0.717) is 50.1 Å². The molecule has 15 nitrogen and oxygen atoms in total. The molecule has 5 rings (SSSR count). The minimum absolute atomic E-state index is 0.0126. The summed E-state index contributed by atoms with van der Waals surface area (Å²) in [6, 6.07) is 3.21. The Morgan fingerprint density at radius 1 is 1.02 bits per heavy atom. The molecule has 0 bridgehead atoms. The Morgan fingerprint density at radius 3 is 2.49 bits per heavy atom. The van der Waals surface area contributed by atoms with Crippen LogP contribution < -0.4 is 27.0 Å². The number of carbonyl (C=O) groups is 2. The zero-order chi connectivity index (χ0) is 30.7. The van der Waals surface area contributed by atoms with Crippen LogP contribution in [0, 0.1) is 0 Å². The predicted molar refractivity (Wildman–Crippen MR) is 163 cm³/mol. The average molecular weight is 634 g/mol. The lowest BCUT2D eigenvalue weighted by Crippen LogP contribution is -2.58. The number of aromatic nitrogens is 5. The minimum Gasteiger partial charge on any atom is -0.401 e. The van der Waals surface area contributed by atoms with Crippen molar-refractivity contribution in [1.29, 1.82) is 0 Å². The fraction of sp³-hybridized carbons (Fsp3) is 0.500. The quantitative estimate of drug-likeness (QED) is 0.278. The summed E-state index contributed by atoms with van der Waals surface area (Å²) in [5.74, 6) is 0.572. The number of likely N-dealkylation sites (tertiary alicyclic amines) is 1. The van der Waals surface area contributed by atoms with Crippen molar-refractivity contribution >= 4 is 58.6 Å². The maximum absolute atomic E-state index is 13.1. The van der Waals surface area contributed by atoms with Gasteiger partial charge in [-0.15, -0.1) is 5.10 Å². The largest absolute Gasteiger partial charge is 0.401 e. The maximum atomic E-state index is 13.1. The smallest absolute Gasteiger partial charge is 0.324 e. The summed E-state index contributed by atoms with van der Waals surface area (Å²) in [6.07, 6.45) is 2.63. The normalized spacial score (nSPS) is 18.1. The third-order valence-electron chi connectivity index (χ3n) is 7.69. The number of piperidine rings is 1. The van der Waals surface area contributed by atoms with E-state index < -0.39 is 6.03 Å². The lowest BCUT2D eigenvalue weighted by atomic mass is 9.97. The van der Waals surface area contributed by atoms with Crippen LogP contribution in [0.15, 0.2) is 16.5 Å². The molecule has 3 aromatic rings. The topological polar surface area (TPSA) is 198 Å². The highest BCUT2D eigenvalue weighted by Crippen LogP contribution is 2.33. The first-order valence-electron chi connectivity index (χ1n) is 14.1. The van der Waals surface area contributed by atoms with Crippen molar-refractivity contribution in [3.8, 4) is 11.6 Å². The molecule has 0 spiro atoms. The van der Waals surface area contributed by atoms with E-state index in [1.165, 1.54) is 0 Å². The van der Waals surface area contributed by atoms with Crippen molar-refractivity contribution in [3.05, 3.63) is 28.0 Å². The Bertz CT molecular complexity index is 1480. The van der Waals surface area contributed by atoms with Crippen LogP contribution in [-0.4, -0.2) is 98.2 Å². The second-order valence-corrected chi connectivity index (χ2v) is 11.1. The predicted octanol–water partition coefficient (Wildman–Crippen LogP) is 2.74. The molecule has 0 unspecified atom stereocenters. The Kier molecular flexibility index (Phi) is 9.32. The van der Waals surface area contributed by atoms with Crippen molar-refractivity contribution in [1.82, 2.24) is 40.3 Å². The number of pyridine rings is 1. The van der Waals surface area contributed by atoms with E-state index >= 15 is 0 Å². The van der Waals surface area contributed by atoms with Crippen molar-refractivity contribution in [2.24, 2.45) is 0 Å². The molecule has 0 radical (unpaired) electrons. The standard InChI is InChI=1S/C26H34Cl2N12O3/c1-3-14-13-39(22-19(28)33-18(21(30)34-22)23-36-37-26(43-23)35-25(42)31-4-2)11-12-40(14)15-7-9-38(10-8-15)24(41)16-5-6-17(27)32-20(16)29/h5-6,14-15H,3-4,7-13H2,1-2H3,(H2,29,32)(H2,30,34)(H2,31,35,37,42)/t14-/m0/s1. The van der Waals surface area contributed by atoms with Crippen LogP contribution in [0.5, 0.6) is 0 Å². The van der Waals surface area contributed by atoms with E-state index in [4.69, 9.17) is 39.1 Å². The first-order valence-corrected chi connectivity index (χ1v) is 14.9. The average Bonchev–Trinajstić information content (AvgIpc) is 3.45. The summed E-state index contributed by atoms with van der Waals surface area (Å²) < 4.78 is 5.49. The van der Waals surface area contributed by atoms with Gasteiger partial charge in [0.15, 0.2) is 22.5 Å². The summed E-state index contributed by atoms with van der Waals surface area (Å²) in [7, 11) is 0. The highest BCUT2D eigenvalue weighted by molar-refractivity contribution is 6.32. The van der Waals surface area contributed by atoms with Crippen LogP contribution in [0.1, 0.15) is 43.5 Å². The number of nitrogens with one attached hydrogen (secondary N) is 2. The molecule has 3 aromatic heterocycles. The molecule has 2 saturated heterocycles. The minimum atomic E-state index is -0.477. The number of carbonyl (C=O) groups excluding carboxylic acids is 2. The van der Waals surface area contributed by atoms with Gasteiger partial charge in [0, 0.05) is 51.4 Å². The number of nitrogen functional groups attached to an aromatic ring is 2. The second kappa shape index (κ2) is 13.1. The zero-order valence-electron chi connectivity index (χ0n) is 23.9. The van der Waals surface area contributed by atoms with Crippen LogP contribution in [0.25, 0.3) is 11.6 Å². The molecule has 2 aliphatic heterocycles. The maximum Gasteiger partial charge on any atom is 0.324 e. The van der Waals surface area contributed by atoms with E-state index in [1.807, 2.05) is 4.90 Å². The molecular weight excluding hydrogens is 599 g/mol. The van der Waals surface area contributed by atoms with Crippen molar-refractivity contribution < 1.29 is 14.0 Å². The summed E-state index contributed by atoms with van der Waals surface area (Å²) in [5, 5.41) is 13.1. The molecule has 0 saturated carbocycles. The summed E-state index contributed by atoms with van der Waals surface area (Å²) >= 11 is 12.5. The van der Waals surface area contributed by atoms with Gasteiger partial charge < -0.3 is 31.0 Å². The number of halogens is 2. The van der Waals surface area contributed by atoms with Gasteiger partial charge in [0.05, 0.1) is 5.56 Å². The van der Waals surface area contributed by atoms with Crippen molar-refractivity contribution in [3.63, 3.8) is 0 Å². The SMILES string of the molecule is CCNC(=O)Nc1nnc(-c2nc(Cl)c(N3CCN(C4CCN(C(=O)c5ccc(Cl)nc5N)CC4)[C@@H](CC)C3)nc2N)o1. The van der Waals surface area contributed by atoms with Crippen LogP contribution in [0.3, 0.4) is 0 Å². The van der Waals surface area contributed by atoms with Gasteiger partial charge in [-0.1, -0.05) is 35.2 Å². The fourth-order valence-electron chi connectivity index (χ4n) is 5.56. The number of amides is 3. The molecule has 0 aromatic carbocycles. The molecule has 6 N–H and O–H groups in total. The van der Waals surface area contributed by atoms with Gasteiger partial charge in [-0.05, 0) is 38.3 Å². The number of piperazine rings is 1. The van der Waals surface area contributed by atoms with Crippen LogP contribution in [-0.2, 0) is 0 Å². The zero-order valence-corrected chi connectivity index (χ0v) is 25.4. The first kappa shape index (κ1) is 30.5. The molecule has 2 aliphatic rings. The second-order valence-electron chi connectivity index (χ2n) is 10.3. The molecule has 17 heteroatoms. The summed E-state index contributed by atoms with van der Waals surface area (Å²) in [5.41, 5.74) is 12.7. The van der Waals surface area contributed by atoms with Crippen molar-refractivity contribution in [2.75, 3.05) is 61.0 Å². The number of hydrogen-bond acceptors (Lipinski definition) is 12. The first-order chi connectivity index (χ1) is 20.7. The molecule has 1 atom stereocenters. The van der Waals surface area contributed by atoms with Gasteiger partial charge >= 0.3 is 12.0 Å². The molecule has 5 heterocycles. The Morgan fingerprint density at radius 2 is 1.79 bits per heavy atom. The number of nitrogens with zero attached hydrogens (tertiary/aromatic N) is 8. The van der Waals surface area contributed by atoms with Gasteiger partial charge in [0.1, 0.15) is 11.0 Å². The number of anilines is 4. The molecule has 2 fully saturated rings. The van der Waals surface area contributed by atoms with Gasteiger partial charge in [0.25, 0.3) is 11.8 Å². The van der Waals surface area contributed by atoms with Crippen LogP contribution in [0.4, 0.5) is 28.3 Å². The third-order valence-corrected chi connectivity index (χ3v) is 8.15. The number of nitrogens with two attached hydrogens (primary N) is 2. The lowest BCUT2D eigenvalue weighted by molar-refractivity contribution is 0.0491. The molecule has 230 valence electrons. The van der Waals surface area contributed by atoms with Gasteiger partial charge in [-0.2, -0.15) is 0 Å². The number of rotatable bonds is 7. The van der Waals surface area contributed by atoms with Crippen LogP contribution in [0.2, 0.25) is 10.3 Å². The Labute approximate surface area is 258 Å². The highest BCUT2D eigenvalue weighted by atomic mass is 35.5. The Hall–Kier alpha value is -3.95. The fourth-order valence-corrected chi connectivity index (χ4v) is 5.96. The van der Waals surface area contributed by atoms with Gasteiger partial charge in [0.2, 0.25) is 0 Å². The molecule has 0 aliphatic carbocycles. The monoisotopic (exact) mass is 632 g/mol. The Balaban J connectivity index is 1.21. The van der Waals surface area contributed by atoms with Gasteiger partial charge in [-0.25, -0.2) is 19.7 Å². The van der Waals surface area contributed by atoms with E-state index in [9.17, 15) is 9.59 Å². The van der Waals surface area contributed by atoms with E-state index in [1.54, 1.807) is 19.1 Å². The van der Waals surface area contributed by atoms with E-state index in [2.05, 4.69) is 52.5 Å².